The molecular weight excluding hydrogens is 428 g/mol. The second-order valence-corrected chi connectivity index (χ2v) is 10.2. The van der Waals surface area contributed by atoms with Crippen molar-refractivity contribution in [2.45, 2.75) is 51.1 Å². The number of aromatic nitrogens is 1. The van der Waals surface area contributed by atoms with Crippen LogP contribution in [0.5, 0.6) is 0 Å². The SMILES string of the molecule is O=C(N[C@@H](CCN1CCC2(CC1)CCN(Cc1ccc[n+]([O-])c1)C2=O)c1ccccc1)C1CC1. The molecule has 34 heavy (non-hydrogen) atoms. The van der Waals surface area contributed by atoms with E-state index in [1.54, 1.807) is 12.3 Å². The molecule has 1 saturated carbocycles. The summed E-state index contributed by atoms with van der Waals surface area (Å²) in [4.78, 5) is 30.1. The van der Waals surface area contributed by atoms with E-state index < -0.39 is 0 Å². The van der Waals surface area contributed by atoms with Gasteiger partial charge in [0.1, 0.15) is 0 Å². The van der Waals surface area contributed by atoms with E-state index >= 15 is 0 Å². The van der Waals surface area contributed by atoms with Crippen molar-refractivity contribution >= 4 is 11.8 Å². The minimum absolute atomic E-state index is 0.0310. The third kappa shape index (κ3) is 5.09. The van der Waals surface area contributed by atoms with Crippen molar-refractivity contribution in [2.24, 2.45) is 11.3 Å². The molecular formula is C27H34N4O3. The van der Waals surface area contributed by atoms with Crippen molar-refractivity contribution in [1.29, 1.82) is 0 Å². The number of likely N-dealkylation sites (tertiary alicyclic amines) is 2. The van der Waals surface area contributed by atoms with Crippen LogP contribution < -0.4 is 10.0 Å². The van der Waals surface area contributed by atoms with Crippen LogP contribution in [-0.2, 0) is 16.1 Å². The average molecular weight is 463 g/mol. The molecule has 3 heterocycles. The Morgan fingerprint density at radius 1 is 1.09 bits per heavy atom. The van der Waals surface area contributed by atoms with E-state index in [4.69, 9.17) is 0 Å². The number of benzene rings is 1. The molecule has 0 unspecified atom stereocenters. The van der Waals surface area contributed by atoms with Crippen LogP contribution in [0.1, 0.15) is 55.7 Å². The van der Waals surface area contributed by atoms with Gasteiger partial charge in [-0.15, -0.1) is 0 Å². The summed E-state index contributed by atoms with van der Waals surface area (Å²) >= 11 is 0. The maximum absolute atomic E-state index is 13.3. The van der Waals surface area contributed by atoms with E-state index in [1.165, 1.54) is 6.20 Å². The highest BCUT2D eigenvalue weighted by Gasteiger charge is 2.48. The number of nitrogens with zero attached hydrogens (tertiary/aromatic N) is 3. The van der Waals surface area contributed by atoms with Gasteiger partial charge in [0, 0.05) is 30.6 Å². The van der Waals surface area contributed by atoms with Gasteiger partial charge in [0.15, 0.2) is 12.4 Å². The average Bonchev–Trinajstić information content (AvgIpc) is 3.67. The molecule has 3 fully saturated rings. The molecule has 0 bridgehead atoms. The van der Waals surface area contributed by atoms with Crippen molar-refractivity contribution in [3.05, 3.63) is 71.2 Å². The first kappa shape index (κ1) is 22.8. The maximum atomic E-state index is 13.3. The highest BCUT2D eigenvalue weighted by molar-refractivity contribution is 5.85. The Morgan fingerprint density at radius 2 is 1.82 bits per heavy atom. The molecule has 2 aromatic rings. The molecule has 0 radical (unpaired) electrons. The topological polar surface area (TPSA) is 79.6 Å². The van der Waals surface area contributed by atoms with Crippen molar-refractivity contribution in [1.82, 2.24) is 15.1 Å². The van der Waals surface area contributed by atoms with Crippen LogP contribution in [0.2, 0.25) is 0 Å². The van der Waals surface area contributed by atoms with Gasteiger partial charge in [-0.05, 0) is 63.2 Å². The minimum Gasteiger partial charge on any atom is -0.619 e. The Hall–Kier alpha value is -2.93. The molecule has 1 spiro atoms. The van der Waals surface area contributed by atoms with Crippen molar-refractivity contribution < 1.29 is 14.3 Å². The van der Waals surface area contributed by atoms with Gasteiger partial charge in [-0.3, -0.25) is 9.59 Å². The summed E-state index contributed by atoms with van der Waals surface area (Å²) in [5.41, 5.74) is 1.78. The Balaban J connectivity index is 1.14. The number of hydrogen-bond donors (Lipinski definition) is 1. The quantitative estimate of drug-likeness (QED) is 0.483. The van der Waals surface area contributed by atoms with E-state index in [-0.39, 0.29) is 29.2 Å². The molecule has 5 rings (SSSR count). The lowest BCUT2D eigenvalue weighted by atomic mass is 9.77. The maximum Gasteiger partial charge on any atom is 0.229 e. The smallest absolute Gasteiger partial charge is 0.229 e. The highest BCUT2D eigenvalue weighted by Crippen LogP contribution is 2.42. The molecule has 1 N–H and O–H groups in total. The van der Waals surface area contributed by atoms with Gasteiger partial charge in [-0.2, -0.15) is 4.73 Å². The summed E-state index contributed by atoms with van der Waals surface area (Å²) in [6, 6.07) is 13.9. The minimum atomic E-state index is -0.252. The molecule has 1 atom stereocenters. The van der Waals surface area contributed by atoms with Gasteiger partial charge in [0.05, 0.1) is 18.0 Å². The fourth-order valence-electron chi connectivity index (χ4n) is 5.48. The molecule has 2 amide bonds. The fraction of sp³-hybridized carbons (Fsp3) is 0.519. The summed E-state index contributed by atoms with van der Waals surface area (Å²) in [6.07, 6.45) is 8.55. The summed E-state index contributed by atoms with van der Waals surface area (Å²) in [5, 5.41) is 14.8. The Kier molecular flexibility index (Phi) is 6.55. The van der Waals surface area contributed by atoms with E-state index in [2.05, 4.69) is 22.3 Å². The number of amides is 2. The lowest BCUT2D eigenvalue weighted by molar-refractivity contribution is -0.605. The largest absolute Gasteiger partial charge is 0.619 e. The number of hydrogen-bond acceptors (Lipinski definition) is 4. The molecule has 2 aliphatic heterocycles. The molecule has 3 aliphatic rings. The van der Waals surface area contributed by atoms with Gasteiger partial charge < -0.3 is 20.3 Å². The zero-order chi connectivity index (χ0) is 23.5. The number of carbonyl (C=O) groups excluding carboxylic acids is 2. The first-order chi connectivity index (χ1) is 16.5. The predicted molar refractivity (Wildman–Crippen MR) is 128 cm³/mol. The lowest BCUT2D eigenvalue weighted by Crippen LogP contribution is -2.45. The number of pyridine rings is 1. The molecule has 7 nitrogen and oxygen atoms in total. The molecule has 2 saturated heterocycles. The van der Waals surface area contributed by atoms with Crippen molar-refractivity contribution in [3.8, 4) is 0 Å². The summed E-state index contributed by atoms with van der Waals surface area (Å²) in [7, 11) is 0. The zero-order valence-electron chi connectivity index (χ0n) is 19.7. The van der Waals surface area contributed by atoms with E-state index in [1.807, 2.05) is 29.2 Å². The van der Waals surface area contributed by atoms with Gasteiger partial charge in [0.25, 0.3) is 0 Å². The summed E-state index contributed by atoms with van der Waals surface area (Å²) < 4.78 is 0.792. The molecule has 7 heteroatoms. The Morgan fingerprint density at radius 3 is 2.53 bits per heavy atom. The van der Waals surface area contributed by atoms with Gasteiger partial charge in [-0.1, -0.05) is 30.3 Å². The standard InChI is InChI=1S/C27H34N4O3/c32-25(23-8-9-23)28-24(22-6-2-1-3-7-22)10-15-29-16-11-27(12-17-29)13-18-30(26(27)33)19-21-5-4-14-31(34)20-21/h1-7,14,20,23-24H,8-13,15-19H2,(H,28,32)/t24-/m0/s1. The van der Waals surface area contributed by atoms with E-state index in [9.17, 15) is 14.8 Å². The van der Waals surface area contributed by atoms with Crippen molar-refractivity contribution in [3.63, 3.8) is 0 Å². The van der Waals surface area contributed by atoms with Crippen LogP contribution in [0.15, 0.2) is 54.9 Å². The number of piperidine rings is 1. The monoisotopic (exact) mass is 462 g/mol. The van der Waals surface area contributed by atoms with Crippen LogP contribution in [0.4, 0.5) is 0 Å². The molecule has 1 aromatic heterocycles. The van der Waals surface area contributed by atoms with Crippen LogP contribution >= 0.6 is 0 Å². The van der Waals surface area contributed by atoms with Crippen molar-refractivity contribution in [2.75, 3.05) is 26.2 Å². The Labute approximate surface area is 201 Å². The number of carbonyl (C=O) groups is 2. The van der Waals surface area contributed by atoms with Crippen LogP contribution in [0.25, 0.3) is 0 Å². The predicted octanol–water partition coefficient (Wildman–Crippen LogP) is 2.79. The van der Waals surface area contributed by atoms with Gasteiger partial charge >= 0.3 is 0 Å². The molecule has 1 aromatic carbocycles. The molecule has 180 valence electrons. The van der Waals surface area contributed by atoms with Crippen LogP contribution in [0.3, 0.4) is 0 Å². The third-order valence-corrected chi connectivity index (χ3v) is 7.82. The first-order valence-electron chi connectivity index (χ1n) is 12.6. The fourth-order valence-corrected chi connectivity index (χ4v) is 5.48. The second-order valence-electron chi connectivity index (χ2n) is 10.2. The normalized spacial score (nSPS) is 21.1. The Bertz CT molecular complexity index is 1020. The zero-order valence-corrected chi connectivity index (χ0v) is 19.7. The molecule has 1 aliphatic carbocycles. The number of rotatable bonds is 8. The first-order valence-corrected chi connectivity index (χ1v) is 12.6. The number of nitrogens with one attached hydrogen (secondary N) is 1. The van der Waals surface area contributed by atoms with Crippen LogP contribution in [0, 0.1) is 16.5 Å². The summed E-state index contributed by atoms with van der Waals surface area (Å²) in [6.45, 7) is 3.99. The van der Waals surface area contributed by atoms with Gasteiger partial charge in [-0.25, -0.2) is 0 Å². The second kappa shape index (κ2) is 9.74. The summed E-state index contributed by atoms with van der Waals surface area (Å²) in [5.74, 6) is 0.628. The van der Waals surface area contributed by atoms with E-state index in [0.29, 0.717) is 6.54 Å². The van der Waals surface area contributed by atoms with Crippen LogP contribution in [-0.4, -0.2) is 47.8 Å². The van der Waals surface area contributed by atoms with E-state index in [0.717, 1.165) is 80.6 Å². The lowest BCUT2D eigenvalue weighted by Gasteiger charge is -2.38. The highest BCUT2D eigenvalue weighted by atomic mass is 16.5. The van der Waals surface area contributed by atoms with Gasteiger partial charge in [0.2, 0.25) is 11.8 Å². The third-order valence-electron chi connectivity index (χ3n) is 7.82.